The monoisotopic (exact) mass is 1100 g/mol. The number of aliphatic hydroxyl groups is 1. The van der Waals surface area contributed by atoms with E-state index in [9.17, 15) is 48.1 Å². The third-order valence-electron chi connectivity index (χ3n) is 13.2. The number of methoxy groups -OCH3 is 1. The fourth-order valence-corrected chi connectivity index (χ4v) is 9.84. The van der Waals surface area contributed by atoms with Gasteiger partial charge in [0.15, 0.2) is 55.3 Å². The van der Waals surface area contributed by atoms with Gasteiger partial charge in [0.25, 0.3) is 5.91 Å². The Kier molecular flexibility index (Phi) is 29.2. The number of amides is 3. The maximum Gasteiger partial charge on any atom is 0.474 e. The highest BCUT2D eigenvalue weighted by Crippen LogP contribution is 2.48. The first kappa shape index (κ1) is 67.1. The summed E-state index contributed by atoms with van der Waals surface area (Å²) in [5, 5.41) is 12.8. The van der Waals surface area contributed by atoms with Gasteiger partial charge in [0.1, 0.15) is 12.1 Å². The number of ether oxygens (including phenoxy) is 9. The highest BCUT2D eigenvalue weighted by Gasteiger charge is 2.58. The minimum Gasteiger partial charge on any atom is -0.467 e. The van der Waals surface area contributed by atoms with Crippen LogP contribution in [0.4, 0.5) is 4.79 Å². The lowest BCUT2D eigenvalue weighted by molar-refractivity contribution is -0.340. The van der Waals surface area contributed by atoms with Gasteiger partial charge in [-0.1, -0.05) is 106 Å². The number of carbonyl (C=O) groups is 7. The van der Waals surface area contributed by atoms with Crippen LogP contribution in [-0.2, 0) is 85.0 Å². The molecule has 2 aliphatic rings. The van der Waals surface area contributed by atoms with Crippen molar-refractivity contribution in [3.63, 3.8) is 0 Å². The van der Waals surface area contributed by atoms with Crippen LogP contribution in [0.1, 0.15) is 153 Å². The van der Waals surface area contributed by atoms with Crippen LogP contribution in [0.3, 0.4) is 0 Å². The predicted octanol–water partition coefficient (Wildman–Crippen LogP) is 5.03. The van der Waals surface area contributed by atoms with E-state index >= 15 is 0 Å². The number of hydrogen-bond donors (Lipinski definition) is 5. The van der Waals surface area contributed by atoms with Crippen molar-refractivity contribution >= 4 is 49.6 Å². The lowest BCUT2D eigenvalue weighted by atomic mass is 9.79. The Labute approximate surface area is 441 Å². The highest BCUT2D eigenvalue weighted by molar-refractivity contribution is 7.47. The lowest BCUT2D eigenvalue weighted by Gasteiger charge is -2.48. The number of carbonyl (C=O) groups excluding carboxylic acids is 7. The third kappa shape index (κ3) is 24.9. The summed E-state index contributed by atoms with van der Waals surface area (Å²) in [6.45, 7) is 18.1. The van der Waals surface area contributed by atoms with Gasteiger partial charge in [0, 0.05) is 34.3 Å². The molecule has 0 aromatic rings. The van der Waals surface area contributed by atoms with E-state index in [0.29, 0.717) is 12.3 Å². The number of phosphoric ester groups is 1. The van der Waals surface area contributed by atoms with Crippen LogP contribution in [-0.4, -0.2) is 146 Å². The van der Waals surface area contributed by atoms with Crippen molar-refractivity contribution in [2.45, 2.75) is 221 Å². The molecule has 3 amide bonds. The van der Waals surface area contributed by atoms with Crippen molar-refractivity contribution in [1.29, 1.82) is 0 Å². The molecule has 7 N–H and O–H groups in total. The molecule has 4 unspecified atom stereocenters. The van der Waals surface area contributed by atoms with Crippen LogP contribution >= 0.6 is 7.82 Å². The maximum atomic E-state index is 13.8. The summed E-state index contributed by atoms with van der Waals surface area (Å²) in [7, 11) is -4.48. The number of primary amides is 2. The van der Waals surface area contributed by atoms with Crippen LogP contribution in [0.15, 0.2) is 0 Å². The number of unbranched alkanes of at least 4 members (excludes halogenated alkanes) is 1. The van der Waals surface area contributed by atoms with E-state index < -0.39 is 130 Å². The average Bonchev–Trinajstić information content (AvgIpc) is 3.29. The Morgan fingerprint density at radius 2 is 1.25 bits per heavy atom. The fourth-order valence-electron chi connectivity index (χ4n) is 9.02. The van der Waals surface area contributed by atoms with Gasteiger partial charge >= 0.3 is 37.8 Å². The molecule has 434 valence electrons. The molecule has 25 heteroatoms. The number of phosphoric acid groups is 1. The second kappa shape index (κ2) is 32.7. The Bertz CT molecular complexity index is 1870. The number of esters is 4. The Morgan fingerprint density at radius 1 is 0.680 bits per heavy atom. The summed E-state index contributed by atoms with van der Waals surface area (Å²) in [5.41, 5.74) is 11.2. The van der Waals surface area contributed by atoms with Gasteiger partial charge in [-0.25, -0.2) is 14.2 Å². The van der Waals surface area contributed by atoms with Crippen molar-refractivity contribution in [3.8, 4) is 0 Å². The summed E-state index contributed by atoms with van der Waals surface area (Å²) < 4.78 is 73.9. The van der Waals surface area contributed by atoms with Gasteiger partial charge in [-0.15, -0.1) is 0 Å². The first-order valence-electron chi connectivity index (χ1n) is 26.0. The van der Waals surface area contributed by atoms with Gasteiger partial charge in [-0.05, 0) is 48.3 Å². The van der Waals surface area contributed by atoms with Crippen LogP contribution in [0.25, 0.3) is 0 Å². The van der Waals surface area contributed by atoms with E-state index in [-0.39, 0.29) is 17.9 Å². The van der Waals surface area contributed by atoms with E-state index in [0.717, 1.165) is 72.3 Å². The van der Waals surface area contributed by atoms with Crippen molar-refractivity contribution in [3.05, 3.63) is 0 Å². The molecule has 2 saturated heterocycles. The summed E-state index contributed by atoms with van der Waals surface area (Å²) >= 11 is 0. The molecular weight excluding hydrogens is 1010 g/mol. The first-order chi connectivity index (χ1) is 35.0. The minimum absolute atomic E-state index is 0.0323. The van der Waals surface area contributed by atoms with E-state index in [2.05, 4.69) is 53.8 Å². The van der Waals surface area contributed by atoms with Crippen LogP contribution in [0.5, 0.6) is 0 Å². The lowest BCUT2D eigenvalue weighted by Crippen LogP contribution is -2.69. The molecule has 15 atom stereocenters. The van der Waals surface area contributed by atoms with E-state index in [1.54, 1.807) is 0 Å². The molecular formula is C50H88N3O21P. The number of nitrogens with two attached hydrogens (primary N) is 2. The summed E-state index contributed by atoms with van der Waals surface area (Å²) in [5.74, 6) is -3.73. The van der Waals surface area contributed by atoms with Crippen molar-refractivity contribution in [2.75, 3.05) is 26.9 Å². The van der Waals surface area contributed by atoms with Gasteiger partial charge < -0.3 is 69.4 Å². The van der Waals surface area contributed by atoms with E-state index in [4.69, 9.17) is 63.1 Å². The van der Waals surface area contributed by atoms with Gasteiger partial charge in [0.05, 0.1) is 20.3 Å². The number of aliphatic hydroxyl groups excluding tert-OH is 1. The van der Waals surface area contributed by atoms with Gasteiger partial charge in [-0.2, -0.15) is 0 Å². The summed E-state index contributed by atoms with van der Waals surface area (Å²) in [6, 6.07) is -1.68. The minimum atomic E-state index is -5.54. The topological polar surface area (TPSA) is 343 Å². The molecule has 0 radical (unpaired) electrons. The number of hydrogen-bond acceptors (Lipinski definition) is 20. The highest BCUT2D eigenvalue weighted by atomic mass is 31.2. The second-order valence-electron chi connectivity index (χ2n) is 21.2. The smallest absolute Gasteiger partial charge is 0.467 e. The van der Waals surface area contributed by atoms with Crippen molar-refractivity contribution in [1.82, 2.24) is 5.32 Å². The normalized spacial score (nSPS) is 26.4. The molecule has 0 bridgehead atoms. The average molecular weight is 1100 g/mol. The molecule has 2 fully saturated rings. The molecule has 24 nitrogen and oxygen atoms in total. The maximum absolute atomic E-state index is 13.8. The summed E-state index contributed by atoms with van der Waals surface area (Å²) in [4.78, 5) is 98.7. The first-order valence-corrected chi connectivity index (χ1v) is 27.5. The zero-order valence-corrected chi connectivity index (χ0v) is 46.9. The molecule has 0 aliphatic carbocycles. The van der Waals surface area contributed by atoms with E-state index in [1.165, 1.54) is 44.9 Å². The molecule has 75 heavy (non-hydrogen) atoms. The standard InChI is InChI=1S/C50H88N3O21P/c1-28(2)16-15-18-29(3)19-20-31(5)21-24-50(10,11)23-14-13-17-30(4)22-25-65-37(46(60)64-12)27-66-75(62,63)74-48-44(42(73-49(52)61)41(69-35(9)58)43(71-48)45(51)59)72-47-38(53-32(6)55)40(68-34(8)57)39(67-33(7)56)36(26-54)70-47/h28-31,36-44,47-48,54H,13-27H2,1-12H3,(H2,51,59)(H2,52,61)(H,53,55)(H,62,63)/t29?,30?,31?,36-,37-,38-,39-,40-,41+,42+,43+,44-,47+,48-/m1/s1. The SMILES string of the molecule is COC(=O)[C@@H](COP(=O)(O)O[C@H]1O[C@H](C(N)=O)[C@@H](OC(C)=O)[C@H](OC(N)=O)[C@H]1O[C@@H]1O[C@H](CO)[C@@H](OC(C)=O)[C@H](OC(C)=O)[C@H]1NC(C)=O)OCCC(C)CCCCC(C)(C)CCC(C)CCC(C)CCCC(C)C. The molecule has 2 aliphatic heterocycles. The molecule has 0 aromatic carbocycles. The van der Waals surface area contributed by atoms with E-state index in [1.807, 2.05) is 0 Å². The number of rotatable bonds is 34. The zero-order chi connectivity index (χ0) is 56.8. The Hall–Kier alpha value is -4.00. The fraction of sp³-hybridized carbons (Fsp3) is 0.860. The van der Waals surface area contributed by atoms with Crippen LogP contribution in [0.2, 0.25) is 0 Å². The predicted molar refractivity (Wildman–Crippen MR) is 267 cm³/mol. The Balaban J connectivity index is 2.24. The van der Waals surface area contributed by atoms with Crippen molar-refractivity contribution in [2.24, 2.45) is 40.6 Å². The summed E-state index contributed by atoms with van der Waals surface area (Å²) in [6.07, 6.45) is -7.57. The Morgan fingerprint density at radius 3 is 1.80 bits per heavy atom. The third-order valence-corrected chi connectivity index (χ3v) is 14.1. The molecule has 0 saturated carbocycles. The van der Waals surface area contributed by atoms with Crippen molar-refractivity contribution < 1.29 is 99.8 Å². The van der Waals surface area contributed by atoms with Crippen LogP contribution < -0.4 is 16.8 Å². The zero-order valence-electron chi connectivity index (χ0n) is 46.0. The molecule has 0 aromatic heterocycles. The quantitative estimate of drug-likeness (QED) is 0.0244. The van der Waals surface area contributed by atoms with Gasteiger partial charge in [0.2, 0.25) is 5.91 Å². The second-order valence-corrected chi connectivity index (χ2v) is 22.6. The molecule has 0 spiro atoms. The number of nitrogens with one attached hydrogen (secondary N) is 1. The van der Waals surface area contributed by atoms with Gasteiger partial charge in [-0.3, -0.25) is 33.0 Å². The van der Waals surface area contributed by atoms with Crippen LogP contribution in [0, 0.1) is 29.1 Å². The molecule has 2 heterocycles. The molecule has 2 rings (SSSR count). The largest absolute Gasteiger partial charge is 0.474 e.